The first-order chi connectivity index (χ1) is 7.38. The van der Waals surface area contributed by atoms with Crippen molar-refractivity contribution in [3.8, 4) is 0 Å². The lowest BCUT2D eigenvalue weighted by atomic mass is 10.1. The number of primary amides is 1. The van der Waals surface area contributed by atoms with E-state index < -0.39 is 11.5 Å². The van der Waals surface area contributed by atoms with Gasteiger partial charge in [0.25, 0.3) is 0 Å². The lowest BCUT2D eigenvalue weighted by Gasteiger charge is -2.17. The molecule has 0 aliphatic rings. The van der Waals surface area contributed by atoms with Gasteiger partial charge in [-0.25, -0.2) is 0 Å². The summed E-state index contributed by atoms with van der Waals surface area (Å²) in [6, 6.07) is 7.13. The highest BCUT2D eigenvalue weighted by atomic mass is 16.3. The molecular weight excluding hydrogens is 204 g/mol. The number of benzene rings is 1. The molecule has 0 saturated heterocycles. The van der Waals surface area contributed by atoms with Crippen LogP contribution in [0.3, 0.4) is 0 Å². The standard InChI is InChI=1S/C12H18N2O2/c1-12(2,16)8-14-7-9-4-3-5-10(6-9)11(13)15/h3-6,14,16H,7-8H2,1-2H3,(H2,13,15). The molecule has 0 atom stereocenters. The van der Waals surface area contributed by atoms with E-state index in [-0.39, 0.29) is 0 Å². The molecular formula is C12H18N2O2. The van der Waals surface area contributed by atoms with Gasteiger partial charge in [-0.15, -0.1) is 0 Å². The Morgan fingerprint density at radius 1 is 1.50 bits per heavy atom. The van der Waals surface area contributed by atoms with Gasteiger partial charge < -0.3 is 16.2 Å². The first kappa shape index (κ1) is 12.7. The van der Waals surface area contributed by atoms with Crippen molar-refractivity contribution in [2.75, 3.05) is 6.54 Å². The van der Waals surface area contributed by atoms with Crippen molar-refractivity contribution in [2.24, 2.45) is 5.73 Å². The smallest absolute Gasteiger partial charge is 0.248 e. The molecule has 0 radical (unpaired) electrons. The van der Waals surface area contributed by atoms with Crippen LogP contribution in [0.15, 0.2) is 24.3 Å². The van der Waals surface area contributed by atoms with E-state index in [2.05, 4.69) is 5.32 Å². The van der Waals surface area contributed by atoms with Crippen molar-refractivity contribution in [2.45, 2.75) is 26.0 Å². The highest BCUT2D eigenvalue weighted by Crippen LogP contribution is 2.05. The molecule has 0 unspecified atom stereocenters. The van der Waals surface area contributed by atoms with Gasteiger partial charge in [0, 0.05) is 18.7 Å². The number of carbonyl (C=O) groups is 1. The topological polar surface area (TPSA) is 75.3 Å². The van der Waals surface area contributed by atoms with Crippen LogP contribution in [0.5, 0.6) is 0 Å². The van der Waals surface area contributed by atoms with Crippen molar-refractivity contribution in [3.63, 3.8) is 0 Å². The molecule has 1 amide bonds. The summed E-state index contributed by atoms with van der Waals surface area (Å²) in [6.07, 6.45) is 0. The Kier molecular flexibility index (Phi) is 4.04. The average Bonchev–Trinajstić information content (AvgIpc) is 2.16. The number of aliphatic hydroxyl groups is 1. The first-order valence-corrected chi connectivity index (χ1v) is 5.20. The van der Waals surface area contributed by atoms with Crippen LogP contribution in [-0.2, 0) is 6.54 Å². The fourth-order valence-electron chi connectivity index (χ4n) is 1.35. The molecule has 1 rings (SSSR count). The number of nitrogens with one attached hydrogen (secondary N) is 1. The number of hydrogen-bond donors (Lipinski definition) is 3. The lowest BCUT2D eigenvalue weighted by molar-refractivity contribution is 0.0794. The maximum Gasteiger partial charge on any atom is 0.248 e. The van der Waals surface area contributed by atoms with Crippen LogP contribution in [0.2, 0.25) is 0 Å². The number of carbonyl (C=O) groups excluding carboxylic acids is 1. The highest BCUT2D eigenvalue weighted by Gasteiger charge is 2.11. The van der Waals surface area contributed by atoms with Crippen LogP contribution in [0.4, 0.5) is 0 Å². The predicted molar refractivity (Wildman–Crippen MR) is 63.0 cm³/mol. The molecule has 1 aromatic carbocycles. The Hall–Kier alpha value is -1.39. The van der Waals surface area contributed by atoms with Gasteiger partial charge in [-0.3, -0.25) is 4.79 Å². The number of amides is 1. The molecule has 0 bridgehead atoms. The van der Waals surface area contributed by atoms with Crippen molar-refractivity contribution < 1.29 is 9.90 Å². The van der Waals surface area contributed by atoms with E-state index in [1.54, 1.807) is 32.0 Å². The van der Waals surface area contributed by atoms with Crippen molar-refractivity contribution >= 4 is 5.91 Å². The normalized spacial score (nSPS) is 11.4. The molecule has 0 aliphatic heterocycles. The van der Waals surface area contributed by atoms with Crippen LogP contribution in [0.25, 0.3) is 0 Å². The zero-order chi connectivity index (χ0) is 12.2. The summed E-state index contributed by atoms with van der Waals surface area (Å²) >= 11 is 0. The van der Waals surface area contributed by atoms with E-state index >= 15 is 0 Å². The molecule has 0 spiro atoms. The van der Waals surface area contributed by atoms with E-state index in [4.69, 9.17) is 5.73 Å². The van der Waals surface area contributed by atoms with Crippen LogP contribution in [0, 0.1) is 0 Å². The fraction of sp³-hybridized carbons (Fsp3) is 0.417. The Morgan fingerprint density at radius 3 is 2.75 bits per heavy atom. The molecule has 4 N–H and O–H groups in total. The third-order valence-electron chi connectivity index (χ3n) is 2.10. The molecule has 16 heavy (non-hydrogen) atoms. The highest BCUT2D eigenvalue weighted by molar-refractivity contribution is 5.92. The second kappa shape index (κ2) is 5.09. The maximum atomic E-state index is 10.9. The summed E-state index contributed by atoms with van der Waals surface area (Å²) in [5.41, 5.74) is 5.92. The van der Waals surface area contributed by atoms with Gasteiger partial charge in [0.15, 0.2) is 0 Å². The van der Waals surface area contributed by atoms with Crippen molar-refractivity contribution in [1.82, 2.24) is 5.32 Å². The Bertz CT molecular complexity index is 370. The summed E-state index contributed by atoms with van der Waals surface area (Å²) in [5.74, 6) is -0.427. The van der Waals surface area contributed by atoms with Gasteiger partial charge in [0.05, 0.1) is 5.60 Å². The van der Waals surface area contributed by atoms with Gasteiger partial charge in [0.1, 0.15) is 0 Å². The molecule has 0 heterocycles. The second-order valence-corrected chi connectivity index (χ2v) is 4.48. The van der Waals surface area contributed by atoms with E-state index in [9.17, 15) is 9.90 Å². The van der Waals surface area contributed by atoms with Gasteiger partial charge in [0.2, 0.25) is 5.91 Å². The average molecular weight is 222 g/mol. The molecule has 4 heteroatoms. The molecule has 88 valence electrons. The second-order valence-electron chi connectivity index (χ2n) is 4.48. The van der Waals surface area contributed by atoms with Gasteiger partial charge in [-0.1, -0.05) is 12.1 Å². The van der Waals surface area contributed by atoms with Gasteiger partial charge in [-0.05, 0) is 31.5 Å². The minimum Gasteiger partial charge on any atom is -0.389 e. The van der Waals surface area contributed by atoms with Crippen molar-refractivity contribution in [3.05, 3.63) is 35.4 Å². The third kappa shape index (κ3) is 4.42. The Morgan fingerprint density at radius 2 is 2.19 bits per heavy atom. The van der Waals surface area contributed by atoms with Gasteiger partial charge >= 0.3 is 0 Å². The predicted octanol–water partition coefficient (Wildman–Crippen LogP) is 0.646. The lowest BCUT2D eigenvalue weighted by Crippen LogP contribution is -2.34. The Labute approximate surface area is 95.5 Å². The minimum absolute atomic E-state index is 0.427. The summed E-state index contributed by atoms with van der Waals surface area (Å²) in [5, 5.41) is 12.6. The third-order valence-corrected chi connectivity index (χ3v) is 2.10. The van der Waals surface area contributed by atoms with Crippen LogP contribution < -0.4 is 11.1 Å². The van der Waals surface area contributed by atoms with E-state index in [0.717, 1.165) is 5.56 Å². The number of hydrogen-bond acceptors (Lipinski definition) is 3. The Balaban J connectivity index is 2.55. The molecule has 0 fully saturated rings. The SMILES string of the molecule is CC(C)(O)CNCc1cccc(C(N)=O)c1. The summed E-state index contributed by atoms with van der Waals surface area (Å²) < 4.78 is 0. The summed E-state index contributed by atoms with van der Waals surface area (Å²) in [4.78, 5) is 10.9. The molecule has 4 nitrogen and oxygen atoms in total. The largest absolute Gasteiger partial charge is 0.389 e. The zero-order valence-corrected chi connectivity index (χ0v) is 9.66. The zero-order valence-electron chi connectivity index (χ0n) is 9.66. The first-order valence-electron chi connectivity index (χ1n) is 5.20. The minimum atomic E-state index is -0.735. The molecule has 0 aliphatic carbocycles. The quantitative estimate of drug-likeness (QED) is 0.684. The molecule has 1 aromatic rings. The molecule has 0 saturated carbocycles. The monoisotopic (exact) mass is 222 g/mol. The maximum absolute atomic E-state index is 10.9. The number of rotatable bonds is 5. The van der Waals surface area contributed by atoms with Crippen LogP contribution in [-0.4, -0.2) is 23.2 Å². The summed E-state index contributed by atoms with van der Waals surface area (Å²) in [6.45, 7) is 4.57. The fourth-order valence-corrected chi connectivity index (χ4v) is 1.35. The van der Waals surface area contributed by atoms with Crippen molar-refractivity contribution in [1.29, 1.82) is 0 Å². The van der Waals surface area contributed by atoms with Gasteiger partial charge in [-0.2, -0.15) is 0 Å². The molecule has 0 aromatic heterocycles. The van der Waals surface area contributed by atoms with E-state index in [1.165, 1.54) is 0 Å². The van der Waals surface area contributed by atoms with E-state index in [0.29, 0.717) is 18.7 Å². The van der Waals surface area contributed by atoms with E-state index in [1.807, 2.05) is 6.07 Å². The van der Waals surface area contributed by atoms with Crippen LogP contribution in [0.1, 0.15) is 29.8 Å². The number of nitrogens with two attached hydrogens (primary N) is 1. The summed E-state index contributed by atoms with van der Waals surface area (Å²) in [7, 11) is 0. The van der Waals surface area contributed by atoms with Crippen LogP contribution >= 0.6 is 0 Å².